The first-order valence-electron chi connectivity index (χ1n) is 6.04. The van der Waals surface area contributed by atoms with Crippen molar-refractivity contribution in [1.82, 2.24) is 5.32 Å². The Kier molecular flexibility index (Phi) is 5.35. The fraction of sp³-hybridized carbons (Fsp3) is 0.462. The van der Waals surface area contributed by atoms with Gasteiger partial charge in [0.1, 0.15) is 9.84 Å². The maximum atomic E-state index is 11.4. The van der Waals surface area contributed by atoms with Crippen LogP contribution in [-0.2, 0) is 21.1 Å². The van der Waals surface area contributed by atoms with Crippen LogP contribution in [0.1, 0.15) is 12.5 Å². The number of para-hydroxylation sites is 1. The third kappa shape index (κ3) is 5.74. The molecule has 0 aromatic heterocycles. The summed E-state index contributed by atoms with van der Waals surface area (Å²) in [6.45, 7) is 1.80. The lowest BCUT2D eigenvalue weighted by atomic mass is 10.1. The van der Waals surface area contributed by atoms with Crippen LogP contribution in [0.2, 0.25) is 0 Å². The van der Waals surface area contributed by atoms with E-state index in [1.807, 2.05) is 24.3 Å². The number of amides is 1. The van der Waals surface area contributed by atoms with Crippen molar-refractivity contribution >= 4 is 21.4 Å². The van der Waals surface area contributed by atoms with Crippen molar-refractivity contribution in [3.63, 3.8) is 0 Å². The van der Waals surface area contributed by atoms with Gasteiger partial charge < -0.3 is 10.6 Å². The molecule has 0 heterocycles. The number of sulfone groups is 1. The lowest BCUT2D eigenvalue weighted by Crippen LogP contribution is -2.26. The number of nitrogens with one attached hydrogen (secondary N) is 2. The van der Waals surface area contributed by atoms with Crippen LogP contribution in [0.5, 0.6) is 0 Å². The molecule has 0 saturated heterocycles. The fourth-order valence-electron chi connectivity index (χ4n) is 1.84. The Morgan fingerprint density at radius 1 is 1.32 bits per heavy atom. The highest BCUT2D eigenvalue weighted by Crippen LogP contribution is 2.17. The molecule has 1 atom stereocenters. The Bertz CT molecular complexity index is 541. The SMILES string of the molecule is CNC(=O)Cc1ccccc1NC(C)CS(C)(=O)=O. The molecule has 106 valence electrons. The second-order valence-electron chi connectivity index (χ2n) is 4.64. The van der Waals surface area contributed by atoms with Crippen LogP contribution in [0.15, 0.2) is 24.3 Å². The summed E-state index contributed by atoms with van der Waals surface area (Å²) in [5.74, 6) is -0.0218. The molecule has 0 aliphatic carbocycles. The van der Waals surface area contributed by atoms with Crippen LogP contribution in [0.4, 0.5) is 5.69 Å². The van der Waals surface area contributed by atoms with Gasteiger partial charge in [-0.1, -0.05) is 18.2 Å². The van der Waals surface area contributed by atoms with Gasteiger partial charge in [-0.15, -0.1) is 0 Å². The van der Waals surface area contributed by atoms with Crippen molar-refractivity contribution in [2.45, 2.75) is 19.4 Å². The van der Waals surface area contributed by atoms with Crippen molar-refractivity contribution in [1.29, 1.82) is 0 Å². The number of rotatable bonds is 6. The van der Waals surface area contributed by atoms with Crippen LogP contribution >= 0.6 is 0 Å². The molecule has 1 unspecified atom stereocenters. The highest BCUT2D eigenvalue weighted by molar-refractivity contribution is 7.90. The lowest BCUT2D eigenvalue weighted by Gasteiger charge is -2.17. The van der Waals surface area contributed by atoms with E-state index in [4.69, 9.17) is 0 Å². The largest absolute Gasteiger partial charge is 0.381 e. The number of hydrogen-bond donors (Lipinski definition) is 2. The van der Waals surface area contributed by atoms with Crippen LogP contribution in [0, 0.1) is 0 Å². The van der Waals surface area contributed by atoms with Gasteiger partial charge >= 0.3 is 0 Å². The number of hydrogen-bond acceptors (Lipinski definition) is 4. The predicted molar refractivity (Wildman–Crippen MR) is 77.0 cm³/mol. The zero-order chi connectivity index (χ0) is 14.5. The molecule has 0 saturated carbocycles. The zero-order valence-corrected chi connectivity index (χ0v) is 12.3. The minimum atomic E-state index is -3.03. The molecular weight excluding hydrogens is 264 g/mol. The monoisotopic (exact) mass is 284 g/mol. The molecule has 1 aromatic carbocycles. The normalized spacial score (nSPS) is 12.8. The molecule has 0 radical (unpaired) electrons. The van der Waals surface area contributed by atoms with E-state index in [1.165, 1.54) is 6.26 Å². The molecule has 0 fully saturated rings. The third-order valence-electron chi connectivity index (χ3n) is 2.60. The van der Waals surface area contributed by atoms with Gasteiger partial charge in [0, 0.05) is 25.0 Å². The van der Waals surface area contributed by atoms with Crippen LogP contribution < -0.4 is 10.6 Å². The highest BCUT2D eigenvalue weighted by atomic mass is 32.2. The van der Waals surface area contributed by atoms with E-state index in [0.717, 1.165) is 11.3 Å². The maximum absolute atomic E-state index is 11.4. The minimum Gasteiger partial charge on any atom is -0.381 e. The summed E-state index contributed by atoms with van der Waals surface area (Å²) < 4.78 is 22.5. The van der Waals surface area contributed by atoms with Gasteiger partial charge in [0.15, 0.2) is 0 Å². The van der Waals surface area contributed by atoms with Crippen molar-refractivity contribution in [3.8, 4) is 0 Å². The molecule has 1 rings (SSSR count). The summed E-state index contributed by atoms with van der Waals surface area (Å²) >= 11 is 0. The number of anilines is 1. The van der Waals surface area contributed by atoms with Crippen molar-refractivity contribution in [3.05, 3.63) is 29.8 Å². The number of likely N-dealkylation sites (N-methyl/N-ethyl adjacent to an activating group) is 1. The molecule has 1 amide bonds. The summed E-state index contributed by atoms with van der Waals surface area (Å²) in [5, 5.41) is 5.71. The summed E-state index contributed by atoms with van der Waals surface area (Å²) in [6, 6.07) is 7.19. The Morgan fingerprint density at radius 3 is 2.53 bits per heavy atom. The van der Waals surface area contributed by atoms with E-state index in [9.17, 15) is 13.2 Å². The average molecular weight is 284 g/mol. The van der Waals surface area contributed by atoms with E-state index in [1.54, 1.807) is 14.0 Å². The molecule has 2 N–H and O–H groups in total. The second-order valence-corrected chi connectivity index (χ2v) is 6.83. The van der Waals surface area contributed by atoms with E-state index >= 15 is 0 Å². The first-order chi connectivity index (χ1) is 8.81. The quantitative estimate of drug-likeness (QED) is 0.811. The van der Waals surface area contributed by atoms with Crippen LogP contribution in [-0.4, -0.2) is 39.4 Å². The average Bonchev–Trinajstić information content (AvgIpc) is 2.29. The summed E-state index contributed by atoms with van der Waals surface area (Å²) in [4.78, 5) is 11.4. The van der Waals surface area contributed by atoms with E-state index in [-0.39, 0.29) is 24.1 Å². The van der Waals surface area contributed by atoms with Gasteiger partial charge in [0.05, 0.1) is 12.2 Å². The van der Waals surface area contributed by atoms with Gasteiger partial charge in [-0.05, 0) is 18.6 Å². The first kappa shape index (κ1) is 15.5. The molecular formula is C13H20N2O3S. The number of carbonyl (C=O) groups excluding carboxylic acids is 1. The van der Waals surface area contributed by atoms with E-state index in [2.05, 4.69) is 10.6 Å². The standard InChI is InChI=1S/C13H20N2O3S/c1-10(9-19(3,17)18)15-12-7-5-4-6-11(12)8-13(16)14-2/h4-7,10,15H,8-9H2,1-3H3,(H,14,16). The van der Waals surface area contributed by atoms with Gasteiger partial charge in [-0.25, -0.2) is 8.42 Å². The molecule has 1 aromatic rings. The molecule has 5 nitrogen and oxygen atoms in total. The molecule has 0 spiro atoms. The minimum absolute atomic E-state index is 0.0569. The molecule has 6 heteroatoms. The Labute approximate surface area is 114 Å². The molecule has 0 aliphatic heterocycles. The molecule has 19 heavy (non-hydrogen) atoms. The lowest BCUT2D eigenvalue weighted by molar-refractivity contribution is -0.119. The van der Waals surface area contributed by atoms with Crippen LogP contribution in [0.25, 0.3) is 0 Å². The molecule has 0 bridgehead atoms. The van der Waals surface area contributed by atoms with Gasteiger partial charge in [-0.2, -0.15) is 0 Å². The number of carbonyl (C=O) groups is 1. The summed E-state index contributed by atoms with van der Waals surface area (Å²) in [6.07, 6.45) is 1.48. The van der Waals surface area contributed by atoms with Gasteiger partial charge in [0.25, 0.3) is 0 Å². The zero-order valence-electron chi connectivity index (χ0n) is 11.4. The topological polar surface area (TPSA) is 75.3 Å². The van der Waals surface area contributed by atoms with Crippen molar-refractivity contribution in [2.75, 3.05) is 24.4 Å². The Hall–Kier alpha value is -1.56. The highest BCUT2D eigenvalue weighted by Gasteiger charge is 2.12. The smallest absolute Gasteiger partial charge is 0.224 e. The Morgan fingerprint density at radius 2 is 1.95 bits per heavy atom. The molecule has 0 aliphatic rings. The predicted octanol–water partition coefficient (Wildman–Crippen LogP) is 0.820. The van der Waals surface area contributed by atoms with Gasteiger partial charge in [-0.3, -0.25) is 4.79 Å². The second kappa shape index (κ2) is 6.56. The first-order valence-corrected chi connectivity index (χ1v) is 8.10. The van der Waals surface area contributed by atoms with Crippen LogP contribution in [0.3, 0.4) is 0 Å². The fourth-order valence-corrected chi connectivity index (χ4v) is 2.83. The maximum Gasteiger partial charge on any atom is 0.224 e. The Balaban J connectivity index is 2.80. The van der Waals surface area contributed by atoms with E-state index in [0.29, 0.717) is 0 Å². The van der Waals surface area contributed by atoms with Crippen molar-refractivity contribution in [2.24, 2.45) is 0 Å². The third-order valence-corrected chi connectivity index (χ3v) is 3.71. The van der Waals surface area contributed by atoms with Crippen molar-refractivity contribution < 1.29 is 13.2 Å². The summed E-state index contributed by atoms with van der Waals surface area (Å²) in [5.41, 5.74) is 1.64. The van der Waals surface area contributed by atoms with E-state index < -0.39 is 9.84 Å². The number of benzene rings is 1. The van der Waals surface area contributed by atoms with Gasteiger partial charge in [0.2, 0.25) is 5.91 Å². The summed E-state index contributed by atoms with van der Waals surface area (Å²) in [7, 11) is -1.44.